The molecule has 1 aromatic heterocycles. The number of aliphatic carboxylic acids is 1. The van der Waals surface area contributed by atoms with Gasteiger partial charge in [-0.05, 0) is 37.6 Å². The maximum absolute atomic E-state index is 13.1. The third-order valence-electron chi connectivity index (χ3n) is 4.89. The second-order valence-electron chi connectivity index (χ2n) is 6.97. The molecular formula is C24H42FNO2. The van der Waals surface area contributed by atoms with Gasteiger partial charge in [-0.3, -0.25) is 4.79 Å². The van der Waals surface area contributed by atoms with Gasteiger partial charge in [0, 0.05) is 16.6 Å². The molecule has 0 radical (unpaired) electrons. The summed E-state index contributed by atoms with van der Waals surface area (Å²) in [4.78, 5) is 10.7. The van der Waals surface area contributed by atoms with Crippen molar-refractivity contribution < 1.29 is 14.3 Å². The lowest BCUT2D eigenvalue weighted by Gasteiger charge is -2.05. The minimum absolute atomic E-state index is 0. The Labute approximate surface area is 172 Å². The fourth-order valence-corrected chi connectivity index (χ4v) is 3.02. The van der Waals surface area contributed by atoms with E-state index >= 15 is 0 Å². The summed E-state index contributed by atoms with van der Waals surface area (Å²) in [6, 6.07) is 4.41. The number of fused-ring (bicyclic) bond motifs is 1. The summed E-state index contributed by atoms with van der Waals surface area (Å²) in [6.45, 7) is 7.98. The van der Waals surface area contributed by atoms with E-state index in [4.69, 9.17) is 5.11 Å². The molecule has 1 heterocycles. The second kappa shape index (κ2) is 15.1. The van der Waals surface area contributed by atoms with Crippen LogP contribution in [0.25, 0.3) is 10.9 Å². The molecule has 162 valence electrons. The van der Waals surface area contributed by atoms with Crippen LogP contribution in [0.5, 0.6) is 0 Å². The van der Waals surface area contributed by atoms with Gasteiger partial charge < -0.3 is 9.67 Å². The van der Waals surface area contributed by atoms with E-state index in [1.807, 2.05) is 13.8 Å². The van der Waals surface area contributed by atoms with Gasteiger partial charge in [0.15, 0.2) is 0 Å². The van der Waals surface area contributed by atoms with Crippen LogP contribution >= 0.6 is 0 Å². The van der Waals surface area contributed by atoms with Crippen LogP contribution in [0, 0.1) is 19.7 Å². The van der Waals surface area contributed by atoms with Crippen molar-refractivity contribution in [1.82, 2.24) is 4.57 Å². The average Bonchev–Trinajstić information content (AvgIpc) is 2.88. The lowest BCUT2D eigenvalue weighted by Crippen LogP contribution is -2.09. The number of nitrogens with zero attached hydrogens (tertiary/aromatic N) is 1. The van der Waals surface area contributed by atoms with E-state index in [1.165, 1.54) is 63.5 Å². The van der Waals surface area contributed by atoms with E-state index in [2.05, 4.69) is 13.8 Å². The van der Waals surface area contributed by atoms with Crippen molar-refractivity contribution in [3.8, 4) is 0 Å². The molecular weight excluding hydrogens is 353 g/mol. The third kappa shape index (κ3) is 8.90. The molecule has 0 atom stereocenters. The number of carbonyl (C=O) groups is 1. The number of carboxylic acid groups (broad SMARTS) is 1. The van der Waals surface area contributed by atoms with E-state index in [0.717, 1.165) is 22.2 Å². The largest absolute Gasteiger partial charge is 0.480 e. The first-order valence-electron chi connectivity index (χ1n) is 9.89. The number of hydrogen-bond acceptors (Lipinski definition) is 1. The van der Waals surface area contributed by atoms with Gasteiger partial charge in [-0.1, -0.05) is 80.1 Å². The van der Waals surface area contributed by atoms with Crippen molar-refractivity contribution in [1.29, 1.82) is 0 Å². The van der Waals surface area contributed by atoms with Crippen LogP contribution < -0.4 is 0 Å². The number of hydrogen-bond donors (Lipinski definition) is 1. The van der Waals surface area contributed by atoms with Crippen LogP contribution in [-0.4, -0.2) is 15.6 Å². The lowest BCUT2D eigenvalue weighted by atomic mass is 10.0. The van der Waals surface area contributed by atoms with Crippen molar-refractivity contribution in [2.75, 3.05) is 0 Å². The molecule has 28 heavy (non-hydrogen) atoms. The second-order valence-corrected chi connectivity index (χ2v) is 6.97. The molecule has 1 aliphatic rings. The summed E-state index contributed by atoms with van der Waals surface area (Å²) in [7, 11) is 0. The summed E-state index contributed by atoms with van der Waals surface area (Å²) in [5, 5.41) is 9.60. The minimum atomic E-state index is -0.899. The quantitative estimate of drug-likeness (QED) is 0.574. The van der Waals surface area contributed by atoms with Crippen molar-refractivity contribution in [3.63, 3.8) is 0 Å². The van der Waals surface area contributed by atoms with E-state index in [-0.39, 0.29) is 27.2 Å². The average molecular weight is 396 g/mol. The zero-order valence-corrected chi connectivity index (χ0v) is 16.8. The molecule has 1 saturated carbocycles. The predicted molar refractivity (Wildman–Crippen MR) is 121 cm³/mol. The van der Waals surface area contributed by atoms with Gasteiger partial charge in [-0.15, -0.1) is 0 Å². The smallest absolute Gasteiger partial charge is 0.323 e. The molecule has 0 spiro atoms. The lowest BCUT2D eigenvalue weighted by molar-refractivity contribution is -0.137. The Hall–Kier alpha value is -1.84. The van der Waals surface area contributed by atoms with Crippen LogP contribution in [-0.2, 0) is 11.3 Å². The van der Waals surface area contributed by atoms with Crippen molar-refractivity contribution >= 4 is 16.9 Å². The molecule has 0 amide bonds. The molecule has 4 heteroatoms. The fraction of sp³-hybridized carbons (Fsp3) is 0.625. The Balaban J connectivity index is 0. The number of rotatable bonds is 3. The Kier molecular flexibility index (Phi) is 15.3. The summed E-state index contributed by atoms with van der Waals surface area (Å²) in [6.07, 6.45) is 11.6. The van der Waals surface area contributed by atoms with Crippen LogP contribution in [0.1, 0.15) is 91.3 Å². The standard InChI is InChI=1S/C12H12FNO2.C6H12.C4H10.2CH4/c1-7-8(2)14(6-12(15)16)11-4-3-9(13)5-10(7)11;1-2-4-6-5-3-1;1-3-4-2;;/h3-5H,6H2,1-2H3,(H,15,16);1-6H2;3-4H2,1-2H3;2*1H4. The molecule has 0 bridgehead atoms. The number of aromatic nitrogens is 1. The van der Waals surface area contributed by atoms with Gasteiger partial charge >= 0.3 is 5.97 Å². The van der Waals surface area contributed by atoms with E-state index in [9.17, 15) is 9.18 Å². The Bertz CT molecular complexity index is 674. The minimum Gasteiger partial charge on any atom is -0.480 e. The summed E-state index contributed by atoms with van der Waals surface area (Å²) < 4.78 is 14.8. The molecule has 1 aromatic carbocycles. The van der Waals surface area contributed by atoms with Gasteiger partial charge in [-0.25, -0.2) is 4.39 Å². The molecule has 1 fully saturated rings. The molecule has 3 nitrogen and oxygen atoms in total. The molecule has 0 unspecified atom stereocenters. The Morgan fingerprint density at radius 3 is 1.86 bits per heavy atom. The normalized spacial score (nSPS) is 12.5. The summed E-state index contributed by atoms with van der Waals surface area (Å²) >= 11 is 0. The van der Waals surface area contributed by atoms with Gasteiger partial charge in [0.25, 0.3) is 0 Å². The number of carboxylic acids is 1. The molecule has 1 N–H and O–H groups in total. The zero-order valence-electron chi connectivity index (χ0n) is 16.8. The molecule has 0 saturated heterocycles. The number of benzene rings is 1. The van der Waals surface area contributed by atoms with Crippen LogP contribution in [0.15, 0.2) is 18.2 Å². The van der Waals surface area contributed by atoms with Crippen molar-refractivity contribution in [3.05, 3.63) is 35.3 Å². The van der Waals surface area contributed by atoms with Gasteiger partial charge in [0.1, 0.15) is 12.4 Å². The highest BCUT2D eigenvalue weighted by Crippen LogP contribution is 2.25. The molecule has 1 aliphatic carbocycles. The molecule has 3 rings (SSSR count). The number of halogens is 1. The fourth-order valence-electron chi connectivity index (χ4n) is 3.02. The van der Waals surface area contributed by atoms with Crippen molar-refractivity contribution in [2.24, 2.45) is 0 Å². The molecule has 0 aliphatic heterocycles. The zero-order chi connectivity index (χ0) is 19.5. The third-order valence-corrected chi connectivity index (χ3v) is 4.89. The van der Waals surface area contributed by atoms with E-state index in [0.29, 0.717) is 0 Å². The Morgan fingerprint density at radius 2 is 1.46 bits per heavy atom. The number of unbranched alkanes of at least 4 members (excludes halogenated alkanes) is 1. The highest BCUT2D eigenvalue weighted by Gasteiger charge is 2.13. The van der Waals surface area contributed by atoms with Gasteiger partial charge in [0.2, 0.25) is 0 Å². The molecule has 2 aromatic rings. The highest BCUT2D eigenvalue weighted by atomic mass is 19.1. The Morgan fingerprint density at radius 1 is 1.00 bits per heavy atom. The van der Waals surface area contributed by atoms with Gasteiger partial charge in [0.05, 0.1) is 0 Å². The first kappa shape index (κ1) is 28.4. The van der Waals surface area contributed by atoms with Crippen molar-refractivity contribution in [2.45, 2.75) is 100 Å². The van der Waals surface area contributed by atoms with Crippen LogP contribution in [0.2, 0.25) is 0 Å². The maximum Gasteiger partial charge on any atom is 0.323 e. The summed E-state index contributed by atoms with van der Waals surface area (Å²) in [5.74, 6) is -1.20. The van der Waals surface area contributed by atoms with E-state index < -0.39 is 5.97 Å². The predicted octanol–water partition coefficient (Wildman–Crippen LogP) is 7.90. The maximum atomic E-state index is 13.1. The summed E-state index contributed by atoms with van der Waals surface area (Å²) in [5.41, 5.74) is 2.55. The number of aryl methyl sites for hydroxylation is 1. The topological polar surface area (TPSA) is 42.2 Å². The van der Waals surface area contributed by atoms with Crippen LogP contribution in [0.3, 0.4) is 0 Å². The SMILES string of the molecule is C.C.C1CCCCC1.CCCC.Cc1c(C)n(CC(=O)O)c2ccc(F)cc12. The van der Waals surface area contributed by atoms with Crippen LogP contribution in [0.4, 0.5) is 4.39 Å². The first-order chi connectivity index (χ1) is 12.4. The highest BCUT2D eigenvalue weighted by molar-refractivity contribution is 5.86. The first-order valence-corrected chi connectivity index (χ1v) is 9.89. The van der Waals surface area contributed by atoms with Gasteiger partial charge in [-0.2, -0.15) is 0 Å². The van der Waals surface area contributed by atoms with E-state index in [1.54, 1.807) is 10.6 Å². The monoisotopic (exact) mass is 395 g/mol.